The predicted molar refractivity (Wildman–Crippen MR) is 40.6 cm³/mol. The average Bonchev–Trinajstić information content (AvgIpc) is 2.04. The van der Waals surface area contributed by atoms with E-state index in [1.54, 1.807) is 12.1 Å². The Hall–Kier alpha value is -1.30. The minimum absolute atomic E-state index is 0.0576. The number of nitriles is 1. The van der Waals surface area contributed by atoms with Crippen LogP contribution in [0.4, 0.5) is 4.39 Å². The van der Waals surface area contributed by atoms with Crippen LogP contribution >= 0.6 is 0 Å². The molecule has 1 rings (SSSR count). The van der Waals surface area contributed by atoms with E-state index in [0.29, 0.717) is 11.9 Å². The van der Waals surface area contributed by atoms with Crippen LogP contribution < -0.4 is 0 Å². The number of halogens is 1. The van der Waals surface area contributed by atoms with E-state index in [1.165, 1.54) is 12.1 Å². The molecule has 0 aliphatic carbocycles. The number of hydrogen-bond donors (Lipinski definition) is 0. The van der Waals surface area contributed by atoms with Gasteiger partial charge in [0.25, 0.3) is 0 Å². The van der Waals surface area contributed by atoms with Gasteiger partial charge < -0.3 is 0 Å². The first-order chi connectivity index (χ1) is 5.27. The first-order valence-corrected chi connectivity index (χ1v) is 3.16. The molecule has 0 aliphatic rings. The zero-order valence-corrected chi connectivity index (χ0v) is 5.84. The van der Waals surface area contributed by atoms with Crippen molar-refractivity contribution in [3.05, 3.63) is 35.1 Å². The van der Waals surface area contributed by atoms with E-state index in [4.69, 9.17) is 13.1 Å². The largest absolute Gasteiger partial charge is 0.206 e. The lowest BCUT2D eigenvalue weighted by molar-refractivity contribution is 0.622. The quantitative estimate of drug-likeness (QED) is 0.547. The van der Waals surface area contributed by atoms with Gasteiger partial charge in [-0.15, -0.1) is 0 Å². The molecule has 1 aromatic rings. The molecule has 0 saturated heterocycles. The Morgan fingerprint density at radius 3 is 2.73 bits per heavy atom. The third-order valence-electron chi connectivity index (χ3n) is 1.39. The highest BCUT2D eigenvalue weighted by Gasteiger charge is 1.99. The van der Waals surface area contributed by atoms with Gasteiger partial charge in [-0.25, -0.2) is 4.39 Å². The van der Waals surface area contributed by atoms with Crippen LogP contribution in [0.2, 0.25) is 0 Å². The van der Waals surface area contributed by atoms with Gasteiger partial charge in [0.1, 0.15) is 11.9 Å². The van der Waals surface area contributed by atoms with Crippen LogP contribution in [0.5, 0.6) is 0 Å². The fourth-order valence-corrected chi connectivity index (χ4v) is 0.776. The van der Waals surface area contributed by atoms with E-state index in [-0.39, 0.29) is 5.56 Å². The molecule has 0 fully saturated rings. The molecule has 3 heteroatoms. The van der Waals surface area contributed by atoms with E-state index >= 15 is 0 Å². The van der Waals surface area contributed by atoms with Crippen LogP contribution in [0.1, 0.15) is 11.1 Å². The van der Waals surface area contributed by atoms with E-state index < -0.39 is 5.82 Å². The molecule has 0 bridgehead atoms. The highest BCUT2D eigenvalue weighted by Crippen LogP contribution is 2.08. The average molecular weight is 145 g/mol. The summed E-state index contributed by atoms with van der Waals surface area (Å²) in [4.78, 5) is 0. The van der Waals surface area contributed by atoms with Crippen LogP contribution in [-0.2, 0) is 6.32 Å². The Bertz CT molecular complexity index is 303. The minimum Gasteiger partial charge on any atom is -0.206 e. The molecule has 0 aliphatic heterocycles. The second-order valence-corrected chi connectivity index (χ2v) is 2.13. The summed E-state index contributed by atoms with van der Waals surface area (Å²) >= 11 is 0. The third-order valence-corrected chi connectivity index (χ3v) is 1.39. The summed E-state index contributed by atoms with van der Waals surface area (Å²) in [5, 5.41) is 8.36. The van der Waals surface area contributed by atoms with Crippen LogP contribution in [0.3, 0.4) is 0 Å². The van der Waals surface area contributed by atoms with Gasteiger partial charge in [0.05, 0.1) is 13.4 Å². The van der Waals surface area contributed by atoms with Gasteiger partial charge in [0, 0.05) is 0 Å². The standard InChI is InChI=1S/C8H5BFN/c9-4-6-1-2-7(5-11)8(10)3-6/h1-3H,4H2. The van der Waals surface area contributed by atoms with Gasteiger partial charge in [0.2, 0.25) is 0 Å². The van der Waals surface area contributed by atoms with Crippen LogP contribution in [0.15, 0.2) is 18.2 Å². The molecule has 0 unspecified atom stereocenters. The van der Waals surface area contributed by atoms with Crippen LogP contribution in [0.25, 0.3) is 0 Å². The van der Waals surface area contributed by atoms with E-state index in [9.17, 15) is 4.39 Å². The van der Waals surface area contributed by atoms with Gasteiger partial charge in [-0.3, -0.25) is 0 Å². The van der Waals surface area contributed by atoms with Crippen molar-refractivity contribution in [1.29, 1.82) is 5.26 Å². The molecule has 0 aromatic heterocycles. The normalized spacial score (nSPS) is 9.09. The Labute approximate surface area is 65.9 Å². The number of hydrogen-bond acceptors (Lipinski definition) is 1. The molecule has 2 radical (unpaired) electrons. The summed E-state index contributed by atoms with van der Waals surface area (Å²) in [6, 6.07) is 6.08. The topological polar surface area (TPSA) is 23.8 Å². The first kappa shape index (κ1) is 7.81. The predicted octanol–water partition coefficient (Wildman–Crippen LogP) is 1.37. The molecule has 0 spiro atoms. The molecule has 0 N–H and O–H groups in total. The Kier molecular flexibility index (Phi) is 2.27. The Balaban J connectivity index is 3.12. The van der Waals surface area contributed by atoms with Gasteiger partial charge >= 0.3 is 0 Å². The lowest BCUT2D eigenvalue weighted by atomic mass is 9.96. The Morgan fingerprint density at radius 1 is 1.55 bits per heavy atom. The smallest absolute Gasteiger partial charge is 0.141 e. The zero-order valence-electron chi connectivity index (χ0n) is 5.84. The van der Waals surface area contributed by atoms with Crippen molar-refractivity contribution in [2.75, 3.05) is 0 Å². The molecule has 1 nitrogen and oxygen atoms in total. The van der Waals surface area contributed by atoms with Gasteiger partial charge in [-0.2, -0.15) is 5.26 Å². The van der Waals surface area contributed by atoms with Crippen molar-refractivity contribution < 1.29 is 4.39 Å². The van der Waals surface area contributed by atoms with Crippen molar-refractivity contribution >= 4 is 7.85 Å². The molecule has 0 amide bonds. The monoisotopic (exact) mass is 145 g/mol. The molecule has 52 valence electrons. The summed E-state index contributed by atoms with van der Waals surface area (Å²) in [6.45, 7) is 0. The van der Waals surface area contributed by atoms with Gasteiger partial charge in [-0.05, 0) is 12.1 Å². The van der Waals surface area contributed by atoms with E-state index in [0.717, 1.165) is 0 Å². The number of nitrogens with zero attached hydrogens (tertiary/aromatic N) is 1. The van der Waals surface area contributed by atoms with Crippen molar-refractivity contribution in [3.8, 4) is 6.07 Å². The van der Waals surface area contributed by atoms with Crippen molar-refractivity contribution in [2.45, 2.75) is 6.32 Å². The van der Waals surface area contributed by atoms with Crippen molar-refractivity contribution in [2.24, 2.45) is 0 Å². The number of rotatable bonds is 1. The fraction of sp³-hybridized carbons (Fsp3) is 0.125. The maximum Gasteiger partial charge on any atom is 0.141 e. The lowest BCUT2D eigenvalue weighted by Gasteiger charge is -1.96. The summed E-state index contributed by atoms with van der Waals surface area (Å²) in [5.41, 5.74) is 0.753. The molecule has 11 heavy (non-hydrogen) atoms. The summed E-state index contributed by atoms with van der Waals surface area (Å²) in [6.07, 6.45) is 0.294. The van der Waals surface area contributed by atoms with E-state index in [2.05, 4.69) is 0 Å². The van der Waals surface area contributed by atoms with Gasteiger partial charge in [-0.1, -0.05) is 17.9 Å². The molecular weight excluding hydrogens is 140 g/mol. The number of benzene rings is 1. The summed E-state index contributed by atoms with van der Waals surface area (Å²) < 4.78 is 12.8. The molecular formula is C8H5BFN. The third kappa shape index (κ3) is 1.59. The highest BCUT2D eigenvalue weighted by molar-refractivity contribution is 6.08. The molecule has 0 heterocycles. The minimum atomic E-state index is -0.504. The molecule has 0 saturated carbocycles. The fourth-order valence-electron chi connectivity index (χ4n) is 0.776. The molecule has 1 aromatic carbocycles. The first-order valence-electron chi connectivity index (χ1n) is 3.16. The second kappa shape index (κ2) is 3.20. The van der Waals surface area contributed by atoms with Crippen molar-refractivity contribution in [3.63, 3.8) is 0 Å². The Morgan fingerprint density at radius 2 is 2.27 bits per heavy atom. The zero-order chi connectivity index (χ0) is 8.27. The van der Waals surface area contributed by atoms with Crippen LogP contribution in [0, 0.1) is 17.1 Å². The maximum absolute atomic E-state index is 12.8. The second-order valence-electron chi connectivity index (χ2n) is 2.13. The lowest BCUT2D eigenvalue weighted by Crippen LogP contribution is -1.88. The summed E-state index contributed by atoms with van der Waals surface area (Å²) in [7, 11) is 5.26. The van der Waals surface area contributed by atoms with E-state index in [1.807, 2.05) is 0 Å². The van der Waals surface area contributed by atoms with Crippen molar-refractivity contribution in [1.82, 2.24) is 0 Å². The SMILES string of the molecule is [B]Cc1ccc(C#N)c(F)c1. The van der Waals surface area contributed by atoms with Gasteiger partial charge in [0.15, 0.2) is 0 Å². The maximum atomic E-state index is 12.8. The highest BCUT2D eigenvalue weighted by atomic mass is 19.1. The summed E-state index contributed by atoms with van der Waals surface area (Å²) in [5.74, 6) is -0.504. The molecule has 0 atom stereocenters. The van der Waals surface area contributed by atoms with Crippen LogP contribution in [-0.4, -0.2) is 7.85 Å².